The van der Waals surface area contributed by atoms with Crippen molar-refractivity contribution in [1.29, 1.82) is 0 Å². The van der Waals surface area contributed by atoms with Crippen molar-refractivity contribution in [2.75, 3.05) is 7.11 Å². The van der Waals surface area contributed by atoms with Crippen molar-refractivity contribution in [2.24, 2.45) is 11.8 Å². The first-order chi connectivity index (χ1) is 13.4. The maximum absolute atomic E-state index is 13.2. The van der Waals surface area contributed by atoms with Crippen LogP contribution >= 0.6 is 0 Å². The van der Waals surface area contributed by atoms with Crippen LogP contribution in [-0.2, 0) is 26.3 Å². The highest BCUT2D eigenvalue weighted by Gasteiger charge is 2.39. The van der Waals surface area contributed by atoms with E-state index in [0.29, 0.717) is 24.8 Å². The molecule has 4 nitrogen and oxygen atoms in total. The third-order valence-electron chi connectivity index (χ3n) is 5.50. The van der Waals surface area contributed by atoms with Crippen LogP contribution in [0.2, 0.25) is 0 Å². The number of rotatable bonds is 10. The highest BCUT2D eigenvalue weighted by atomic mass is 16.5. The fourth-order valence-electron chi connectivity index (χ4n) is 3.71. The Bertz CT molecular complexity index is 757. The first-order valence-corrected chi connectivity index (χ1v) is 9.87. The fourth-order valence-corrected chi connectivity index (χ4v) is 3.71. The Morgan fingerprint density at radius 1 is 1.00 bits per heavy atom. The van der Waals surface area contributed by atoms with Gasteiger partial charge < -0.3 is 9.84 Å². The third-order valence-corrected chi connectivity index (χ3v) is 5.50. The van der Waals surface area contributed by atoms with Gasteiger partial charge in [0.1, 0.15) is 5.92 Å². The van der Waals surface area contributed by atoms with Crippen LogP contribution in [0, 0.1) is 11.8 Å². The molecule has 0 aliphatic carbocycles. The van der Waals surface area contributed by atoms with E-state index >= 15 is 0 Å². The largest absolute Gasteiger partial charge is 0.468 e. The first kappa shape index (κ1) is 21.8. The summed E-state index contributed by atoms with van der Waals surface area (Å²) in [7, 11) is 1.31. The normalized spacial score (nSPS) is 15.3. The van der Waals surface area contributed by atoms with Gasteiger partial charge in [0.2, 0.25) is 0 Å². The standard InChI is InChI=1S/C24H30O4/c1-4-19(16-18-12-8-6-9-13-18)22(23(26)28-3)21(25)17-24(27,5-2)20-14-10-7-11-15-20/h6-15,19,22,27H,4-5,16-17H2,1-3H3. The zero-order valence-electron chi connectivity index (χ0n) is 16.9. The molecule has 0 saturated carbocycles. The Balaban J connectivity index is 2.28. The summed E-state index contributed by atoms with van der Waals surface area (Å²) in [4.78, 5) is 25.8. The van der Waals surface area contributed by atoms with Gasteiger partial charge >= 0.3 is 5.97 Å². The van der Waals surface area contributed by atoms with Crippen molar-refractivity contribution in [3.63, 3.8) is 0 Å². The minimum absolute atomic E-state index is 0.113. The SMILES string of the molecule is CCC(Cc1ccccc1)C(C(=O)CC(O)(CC)c1ccccc1)C(=O)OC. The average molecular weight is 383 g/mol. The molecule has 0 aliphatic rings. The maximum Gasteiger partial charge on any atom is 0.316 e. The van der Waals surface area contributed by atoms with E-state index in [4.69, 9.17) is 4.74 Å². The molecule has 0 spiro atoms. The molecule has 0 aromatic heterocycles. The minimum Gasteiger partial charge on any atom is -0.468 e. The summed E-state index contributed by atoms with van der Waals surface area (Å²) in [6.45, 7) is 3.81. The lowest BCUT2D eigenvalue weighted by atomic mass is 9.77. The number of hydrogen-bond donors (Lipinski definition) is 1. The molecule has 3 unspecified atom stereocenters. The van der Waals surface area contributed by atoms with Gasteiger partial charge in [-0.2, -0.15) is 0 Å². The van der Waals surface area contributed by atoms with E-state index in [1.807, 2.05) is 74.5 Å². The van der Waals surface area contributed by atoms with E-state index < -0.39 is 17.5 Å². The van der Waals surface area contributed by atoms with Gasteiger partial charge in [-0.3, -0.25) is 9.59 Å². The molecule has 2 rings (SSSR count). The van der Waals surface area contributed by atoms with Gasteiger partial charge in [0.05, 0.1) is 12.7 Å². The molecule has 2 aromatic carbocycles. The molecule has 0 bridgehead atoms. The molecule has 2 aromatic rings. The van der Waals surface area contributed by atoms with Crippen LogP contribution in [0.25, 0.3) is 0 Å². The lowest BCUT2D eigenvalue weighted by Gasteiger charge is -2.30. The van der Waals surface area contributed by atoms with Gasteiger partial charge in [-0.05, 0) is 29.9 Å². The van der Waals surface area contributed by atoms with Crippen LogP contribution in [0.3, 0.4) is 0 Å². The van der Waals surface area contributed by atoms with Crippen molar-refractivity contribution < 1.29 is 19.4 Å². The van der Waals surface area contributed by atoms with E-state index in [9.17, 15) is 14.7 Å². The highest BCUT2D eigenvalue weighted by molar-refractivity contribution is 5.99. The zero-order chi connectivity index (χ0) is 20.6. The second kappa shape index (κ2) is 10.2. The average Bonchev–Trinajstić information content (AvgIpc) is 2.74. The number of hydrogen-bond acceptors (Lipinski definition) is 4. The van der Waals surface area contributed by atoms with Gasteiger partial charge in [0.15, 0.2) is 5.78 Å². The second-order valence-electron chi connectivity index (χ2n) is 7.25. The van der Waals surface area contributed by atoms with Gasteiger partial charge in [-0.15, -0.1) is 0 Å². The smallest absolute Gasteiger partial charge is 0.316 e. The predicted molar refractivity (Wildman–Crippen MR) is 110 cm³/mol. The van der Waals surface area contributed by atoms with Crippen molar-refractivity contribution in [3.05, 3.63) is 71.8 Å². The summed E-state index contributed by atoms with van der Waals surface area (Å²) in [6.07, 6.45) is 1.54. The van der Waals surface area contributed by atoms with Crippen LogP contribution in [0.4, 0.5) is 0 Å². The number of esters is 1. The highest BCUT2D eigenvalue weighted by Crippen LogP contribution is 2.33. The van der Waals surface area contributed by atoms with Gasteiger partial charge in [0.25, 0.3) is 0 Å². The van der Waals surface area contributed by atoms with Gasteiger partial charge in [-0.25, -0.2) is 0 Å². The second-order valence-corrected chi connectivity index (χ2v) is 7.25. The predicted octanol–water partition coefficient (Wildman–Crippen LogP) is 4.30. The molecule has 150 valence electrons. The summed E-state index contributed by atoms with van der Waals surface area (Å²) in [5, 5.41) is 11.1. The molecule has 4 heteroatoms. The Morgan fingerprint density at radius 2 is 1.57 bits per heavy atom. The van der Waals surface area contributed by atoms with E-state index in [1.165, 1.54) is 7.11 Å². The number of carbonyl (C=O) groups excluding carboxylic acids is 2. The Labute approximate surface area is 167 Å². The Morgan fingerprint density at radius 3 is 2.07 bits per heavy atom. The molecule has 0 heterocycles. The third kappa shape index (κ3) is 5.29. The van der Waals surface area contributed by atoms with Crippen LogP contribution < -0.4 is 0 Å². The quantitative estimate of drug-likeness (QED) is 0.491. The fraction of sp³-hybridized carbons (Fsp3) is 0.417. The summed E-state index contributed by atoms with van der Waals surface area (Å²) < 4.78 is 4.97. The molecule has 0 radical (unpaired) electrons. The number of carbonyl (C=O) groups is 2. The van der Waals surface area contributed by atoms with Crippen molar-refractivity contribution in [1.82, 2.24) is 0 Å². The Kier molecular flexibility index (Phi) is 7.94. The van der Waals surface area contributed by atoms with Crippen molar-refractivity contribution in [2.45, 2.75) is 45.1 Å². The summed E-state index contributed by atoms with van der Waals surface area (Å²) >= 11 is 0. The number of methoxy groups -OCH3 is 1. The lowest BCUT2D eigenvalue weighted by molar-refractivity contribution is -0.153. The summed E-state index contributed by atoms with van der Waals surface area (Å²) in [6, 6.07) is 19.0. The summed E-state index contributed by atoms with van der Waals surface area (Å²) in [5.74, 6) is -1.88. The monoisotopic (exact) mass is 382 g/mol. The Hall–Kier alpha value is -2.46. The number of ketones is 1. The topological polar surface area (TPSA) is 63.6 Å². The molecule has 0 amide bonds. The molecule has 0 aliphatic heterocycles. The molecule has 28 heavy (non-hydrogen) atoms. The number of Topliss-reactive ketones (excluding diaryl/α,β-unsaturated/α-hetero) is 1. The first-order valence-electron chi connectivity index (χ1n) is 9.87. The minimum atomic E-state index is -1.30. The van der Waals surface area contributed by atoms with E-state index in [2.05, 4.69) is 0 Å². The zero-order valence-corrected chi connectivity index (χ0v) is 16.9. The molecule has 0 fully saturated rings. The molecule has 1 N–H and O–H groups in total. The molecule has 0 saturated heterocycles. The van der Waals surface area contributed by atoms with E-state index in [0.717, 1.165) is 5.56 Å². The lowest BCUT2D eigenvalue weighted by Crippen LogP contribution is -2.38. The van der Waals surface area contributed by atoms with Crippen LogP contribution in [0.15, 0.2) is 60.7 Å². The van der Waals surface area contributed by atoms with Crippen molar-refractivity contribution in [3.8, 4) is 0 Å². The maximum atomic E-state index is 13.2. The number of aliphatic hydroxyl groups is 1. The molecular weight excluding hydrogens is 352 g/mol. The van der Waals surface area contributed by atoms with Crippen molar-refractivity contribution >= 4 is 11.8 Å². The van der Waals surface area contributed by atoms with E-state index in [-0.39, 0.29) is 18.1 Å². The van der Waals surface area contributed by atoms with E-state index in [1.54, 1.807) is 0 Å². The van der Waals surface area contributed by atoms with Crippen LogP contribution in [0.5, 0.6) is 0 Å². The molecule has 3 atom stereocenters. The van der Waals surface area contributed by atoms with Crippen LogP contribution in [0.1, 0.15) is 44.2 Å². The van der Waals surface area contributed by atoms with Crippen LogP contribution in [-0.4, -0.2) is 24.0 Å². The number of ether oxygens (including phenoxy) is 1. The molecular formula is C24H30O4. The number of benzene rings is 2. The van der Waals surface area contributed by atoms with Gasteiger partial charge in [0, 0.05) is 6.42 Å². The summed E-state index contributed by atoms with van der Waals surface area (Å²) in [5.41, 5.74) is 0.464. The van der Waals surface area contributed by atoms with Gasteiger partial charge in [-0.1, -0.05) is 80.9 Å².